The average molecular weight is 264 g/mol. The molecule has 102 valence electrons. The van der Waals surface area contributed by atoms with Crippen molar-refractivity contribution in [1.82, 2.24) is 25.6 Å². The molecule has 1 aliphatic heterocycles. The van der Waals surface area contributed by atoms with Crippen molar-refractivity contribution in [1.29, 1.82) is 0 Å². The van der Waals surface area contributed by atoms with Gasteiger partial charge in [-0.3, -0.25) is 10.2 Å². The van der Waals surface area contributed by atoms with Gasteiger partial charge in [0.05, 0.1) is 6.54 Å². The zero-order valence-corrected chi connectivity index (χ0v) is 10.4. The highest BCUT2D eigenvalue weighted by atomic mass is 16.2. The standard InChI is InChI=1S/C11H16N6O2/c18-9(17-6-1-2-7-17)8-14-11(19)16-15-10-12-4-3-5-13-10/h3-5H,1-2,6-8H2,(H,12,13,15)(H2,14,16,19). The molecule has 8 heteroatoms. The van der Waals surface area contributed by atoms with Gasteiger partial charge in [0.15, 0.2) is 0 Å². The summed E-state index contributed by atoms with van der Waals surface area (Å²) in [6.45, 7) is 1.54. The Labute approximate surface area is 110 Å². The zero-order valence-electron chi connectivity index (χ0n) is 10.4. The van der Waals surface area contributed by atoms with Crippen molar-refractivity contribution in [3.8, 4) is 0 Å². The minimum atomic E-state index is -0.500. The minimum Gasteiger partial charge on any atom is -0.341 e. The van der Waals surface area contributed by atoms with Crippen LogP contribution in [0.1, 0.15) is 12.8 Å². The van der Waals surface area contributed by atoms with Crippen molar-refractivity contribution in [2.45, 2.75) is 12.8 Å². The number of likely N-dealkylation sites (tertiary alicyclic amines) is 1. The number of anilines is 1. The predicted octanol–water partition coefficient (Wildman–Crippen LogP) is -0.275. The maximum absolute atomic E-state index is 11.7. The van der Waals surface area contributed by atoms with E-state index in [-0.39, 0.29) is 18.4 Å². The Balaban J connectivity index is 1.65. The Kier molecular flexibility index (Phi) is 4.49. The Morgan fingerprint density at radius 1 is 1.21 bits per heavy atom. The second kappa shape index (κ2) is 6.53. The fourth-order valence-corrected chi connectivity index (χ4v) is 1.75. The van der Waals surface area contributed by atoms with Crippen molar-refractivity contribution in [2.24, 2.45) is 0 Å². The summed E-state index contributed by atoms with van der Waals surface area (Å²) in [4.78, 5) is 32.6. The summed E-state index contributed by atoms with van der Waals surface area (Å²) in [7, 11) is 0. The van der Waals surface area contributed by atoms with Crippen LogP contribution in [0.25, 0.3) is 0 Å². The first-order chi connectivity index (χ1) is 9.25. The third kappa shape index (κ3) is 4.09. The molecule has 2 heterocycles. The van der Waals surface area contributed by atoms with Crippen molar-refractivity contribution >= 4 is 17.9 Å². The van der Waals surface area contributed by atoms with Crippen molar-refractivity contribution in [3.05, 3.63) is 18.5 Å². The number of hydrogen-bond acceptors (Lipinski definition) is 5. The van der Waals surface area contributed by atoms with E-state index in [2.05, 4.69) is 26.1 Å². The van der Waals surface area contributed by atoms with E-state index >= 15 is 0 Å². The van der Waals surface area contributed by atoms with E-state index in [1.807, 2.05) is 0 Å². The zero-order chi connectivity index (χ0) is 13.5. The first-order valence-electron chi connectivity index (χ1n) is 6.10. The van der Waals surface area contributed by atoms with Crippen LogP contribution in [0.4, 0.5) is 10.7 Å². The quantitative estimate of drug-likeness (QED) is 0.650. The third-order valence-corrected chi connectivity index (χ3v) is 2.71. The number of hydrazine groups is 1. The fraction of sp³-hybridized carbons (Fsp3) is 0.455. The van der Waals surface area contributed by atoms with Gasteiger partial charge in [-0.05, 0) is 18.9 Å². The molecule has 1 saturated heterocycles. The fourth-order valence-electron chi connectivity index (χ4n) is 1.75. The highest BCUT2D eigenvalue weighted by molar-refractivity contribution is 5.84. The minimum absolute atomic E-state index is 0.0108. The molecule has 3 amide bonds. The maximum atomic E-state index is 11.7. The van der Waals surface area contributed by atoms with Crippen LogP contribution in [-0.2, 0) is 4.79 Å². The first kappa shape index (κ1) is 13.1. The molecule has 2 rings (SSSR count). The number of urea groups is 1. The van der Waals surface area contributed by atoms with E-state index in [0.717, 1.165) is 25.9 Å². The van der Waals surface area contributed by atoms with Crippen LogP contribution in [0.5, 0.6) is 0 Å². The van der Waals surface area contributed by atoms with E-state index in [1.165, 1.54) is 0 Å². The van der Waals surface area contributed by atoms with Crippen LogP contribution in [0.3, 0.4) is 0 Å². The lowest BCUT2D eigenvalue weighted by Gasteiger charge is -2.15. The van der Waals surface area contributed by atoms with E-state index in [1.54, 1.807) is 23.4 Å². The highest BCUT2D eigenvalue weighted by Crippen LogP contribution is 2.06. The van der Waals surface area contributed by atoms with Crippen LogP contribution in [0.2, 0.25) is 0 Å². The Morgan fingerprint density at radius 2 is 1.89 bits per heavy atom. The molecule has 0 atom stereocenters. The number of nitrogens with zero attached hydrogens (tertiary/aromatic N) is 3. The molecular weight excluding hydrogens is 248 g/mol. The molecule has 0 saturated carbocycles. The molecular formula is C11H16N6O2. The van der Waals surface area contributed by atoms with Gasteiger partial charge in [-0.1, -0.05) is 0 Å². The second-order valence-corrected chi connectivity index (χ2v) is 4.09. The van der Waals surface area contributed by atoms with Gasteiger partial charge in [-0.15, -0.1) is 0 Å². The summed E-state index contributed by atoms with van der Waals surface area (Å²) in [5.74, 6) is 0.215. The van der Waals surface area contributed by atoms with Gasteiger partial charge in [0, 0.05) is 25.5 Å². The molecule has 1 aromatic heterocycles. The van der Waals surface area contributed by atoms with Gasteiger partial charge in [-0.25, -0.2) is 20.2 Å². The smallest absolute Gasteiger partial charge is 0.333 e. The molecule has 1 aliphatic rings. The first-order valence-corrected chi connectivity index (χ1v) is 6.10. The third-order valence-electron chi connectivity index (χ3n) is 2.71. The molecule has 1 fully saturated rings. The molecule has 0 spiro atoms. The van der Waals surface area contributed by atoms with Crippen molar-refractivity contribution in [2.75, 3.05) is 25.1 Å². The molecule has 3 N–H and O–H groups in total. The lowest BCUT2D eigenvalue weighted by atomic mass is 10.4. The molecule has 0 unspecified atom stereocenters. The molecule has 1 aromatic rings. The van der Waals surface area contributed by atoms with Crippen molar-refractivity contribution in [3.63, 3.8) is 0 Å². The molecule has 0 radical (unpaired) electrons. The maximum Gasteiger partial charge on any atom is 0.333 e. The van der Waals surface area contributed by atoms with Gasteiger partial charge in [-0.2, -0.15) is 0 Å². The predicted molar refractivity (Wildman–Crippen MR) is 68.0 cm³/mol. The normalized spacial score (nSPS) is 14.0. The summed E-state index contributed by atoms with van der Waals surface area (Å²) >= 11 is 0. The van der Waals surface area contributed by atoms with Gasteiger partial charge < -0.3 is 10.2 Å². The van der Waals surface area contributed by atoms with Gasteiger partial charge in [0.25, 0.3) is 0 Å². The topological polar surface area (TPSA) is 99.2 Å². The van der Waals surface area contributed by atoms with Crippen LogP contribution in [0, 0.1) is 0 Å². The molecule has 0 aliphatic carbocycles. The van der Waals surface area contributed by atoms with Crippen LogP contribution < -0.4 is 16.2 Å². The number of rotatable bonds is 4. The number of nitrogens with one attached hydrogen (secondary N) is 3. The Hall–Kier alpha value is -2.38. The SMILES string of the molecule is O=C(NCC(=O)N1CCCC1)NNc1ncccn1. The van der Waals surface area contributed by atoms with Gasteiger partial charge in [0.1, 0.15) is 0 Å². The van der Waals surface area contributed by atoms with E-state index in [4.69, 9.17) is 0 Å². The molecule has 8 nitrogen and oxygen atoms in total. The summed E-state index contributed by atoms with van der Waals surface area (Å²) < 4.78 is 0. The van der Waals surface area contributed by atoms with E-state index in [9.17, 15) is 9.59 Å². The Morgan fingerprint density at radius 3 is 2.58 bits per heavy atom. The summed E-state index contributed by atoms with van der Waals surface area (Å²) in [6, 6.07) is 1.17. The summed E-state index contributed by atoms with van der Waals surface area (Å²) in [6.07, 6.45) is 5.16. The summed E-state index contributed by atoms with van der Waals surface area (Å²) in [5, 5.41) is 2.47. The molecule has 0 aromatic carbocycles. The Bertz CT molecular complexity index is 432. The number of amides is 3. The lowest BCUT2D eigenvalue weighted by molar-refractivity contribution is -0.128. The number of hydrogen-bond donors (Lipinski definition) is 3. The monoisotopic (exact) mass is 264 g/mol. The van der Waals surface area contributed by atoms with Gasteiger partial charge >= 0.3 is 6.03 Å². The number of carbonyl (C=O) groups excluding carboxylic acids is 2. The van der Waals surface area contributed by atoms with Gasteiger partial charge in [0.2, 0.25) is 11.9 Å². The van der Waals surface area contributed by atoms with E-state index in [0.29, 0.717) is 0 Å². The lowest BCUT2D eigenvalue weighted by Crippen LogP contribution is -2.44. The largest absolute Gasteiger partial charge is 0.341 e. The van der Waals surface area contributed by atoms with Crippen LogP contribution in [-0.4, -0.2) is 46.4 Å². The number of carbonyl (C=O) groups is 2. The highest BCUT2D eigenvalue weighted by Gasteiger charge is 2.17. The number of aromatic nitrogens is 2. The van der Waals surface area contributed by atoms with Crippen molar-refractivity contribution < 1.29 is 9.59 Å². The molecule has 19 heavy (non-hydrogen) atoms. The molecule has 0 bridgehead atoms. The summed E-state index contributed by atoms with van der Waals surface area (Å²) in [5.41, 5.74) is 4.88. The van der Waals surface area contributed by atoms with E-state index < -0.39 is 6.03 Å². The second-order valence-electron chi connectivity index (χ2n) is 4.09. The van der Waals surface area contributed by atoms with Crippen LogP contribution >= 0.6 is 0 Å². The van der Waals surface area contributed by atoms with Crippen LogP contribution in [0.15, 0.2) is 18.5 Å². The average Bonchev–Trinajstić information content (AvgIpc) is 2.98.